The molecule has 0 bridgehead atoms. The highest BCUT2D eigenvalue weighted by molar-refractivity contribution is 5.33. The van der Waals surface area contributed by atoms with Gasteiger partial charge in [0.25, 0.3) is 0 Å². The van der Waals surface area contributed by atoms with Crippen molar-refractivity contribution in [1.29, 1.82) is 0 Å². The van der Waals surface area contributed by atoms with Crippen molar-refractivity contribution in [3.8, 4) is 0 Å². The van der Waals surface area contributed by atoms with E-state index in [0.29, 0.717) is 6.04 Å². The van der Waals surface area contributed by atoms with Gasteiger partial charge in [-0.05, 0) is 42.6 Å². The van der Waals surface area contributed by atoms with Gasteiger partial charge < -0.3 is 10.1 Å². The van der Waals surface area contributed by atoms with Crippen LogP contribution in [0, 0.1) is 5.82 Å². The third-order valence-corrected chi connectivity index (χ3v) is 3.31. The number of ether oxygens (including phenoxy) is 1. The van der Waals surface area contributed by atoms with Crippen molar-refractivity contribution in [3.63, 3.8) is 0 Å². The summed E-state index contributed by atoms with van der Waals surface area (Å²) in [5, 5.41) is 3.33. The molecular weight excluding hydrogens is 193 g/mol. The van der Waals surface area contributed by atoms with Crippen molar-refractivity contribution in [2.24, 2.45) is 0 Å². The SMILES string of the molecule is Fc1ccc2c(c1)C([C@H]1CCN1)OCC2. The first-order chi connectivity index (χ1) is 7.34. The first-order valence-electron chi connectivity index (χ1n) is 5.48. The minimum Gasteiger partial charge on any atom is -0.372 e. The fourth-order valence-corrected chi connectivity index (χ4v) is 2.35. The van der Waals surface area contributed by atoms with E-state index < -0.39 is 0 Å². The van der Waals surface area contributed by atoms with Gasteiger partial charge in [0.05, 0.1) is 12.7 Å². The second kappa shape index (κ2) is 3.58. The highest BCUT2D eigenvalue weighted by Crippen LogP contribution is 2.33. The van der Waals surface area contributed by atoms with Gasteiger partial charge in [-0.15, -0.1) is 0 Å². The Bertz CT molecular complexity index is 376. The summed E-state index contributed by atoms with van der Waals surface area (Å²) < 4.78 is 18.9. The van der Waals surface area contributed by atoms with Gasteiger partial charge in [-0.1, -0.05) is 6.07 Å². The minimum atomic E-state index is -0.163. The van der Waals surface area contributed by atoms with Crippen LogP contribution in [0.4, 0.5) is 4.39 Å². The molecule has 0 spiro atoms. The summed E-state index contributed by atoms with van der Waals surface area (Å²) in [6.07, 6.45) is 2.08. The Balaban J connectivity index is 1.96. The number of fused-ring (bicyclic) bond motifs is 1. The van der Waals surface area contributed by atoms with E-state index >= 15 is 0 Å². The van der Waals surface area contributed by atoms with Crippen molar-refractivity contribution in [2.75, 3.05) is 13.2 Å². The molecule has 80 valence electrons. The number of hydrogen-bond acceptors (Lipinski definition) is 2. The Morgan fingerprint density at radius 2 is 2.27 bits per heavy atom. The van der Waals surface area contributed by atoms with E-state index in [4.69, 9.17) is 4.74 Å². The Kier molecular flexibility index (Phi) is 2.22. The Hall–Kier alpha value is -0.930. The lowest BCUT2D eigenvalue weighted by atomic mass is 9.89. The topological polar surface area (TPSA) is 21.3 Å². The summed E-state index contributed by atoms with van der Waals surface area (Å²) in [5.74, 6) is -0.163. The molecular formula is C12H14FNO. The van der Waals surface area contributed by atoms with Crippen LogP contribution in [0.5, 0.6) is 0 Å². The summed E-state index contributed by atoms with van der Waals surface area (Å²) in [6, 6.07) is 5.43. The molecule has 1 saturated heterocycles. The van der Waals surface area contributed by atoms with Crippen LogP contribution in [0.25, 0.3) is 0 Å². The van der Waals surface area contributed by atoms with Gasteiger partial charge in [-0.25, -0.2) is 4.39 Å². The molecule has 2 aliphatic heterocycles. The highest BCUT2D eigenvalue weighted by Gasteiger charge is 2.32. The van der Waals surface area contributed by atoms with E-state index in [0.717, 1.165) is 31.6 Å². The Labute approximate surface area is 88.4 Å². The van der Waals surface area contributed by atoms with E-state index in [2.05, 4.69) is 5.32 Å². The van der Waals surface area contributed by atoms with Crippen LogP contribution in [-0.4, -0.2) is 19.2 Å². The highest BCUT2D eigenvalue weighted by atomic mass is 19.1. The van der Waals surface area contributed by atoms with E-state index in [1.165, 1.54) is 11.6 Å². The molecule has 1 aromatic carbocycles. The monoisotopic (exact) mass is 207 g/mol. The number of rotatable bonds is 1. The zero-order chi connectivity index (χ0) is 10.3. The molecule has 3 rings (SSSR count). The van der Waals surface area contributed by atoms with Crippen molar-refractivity contribution < 1.29 is 9.13 Å². The van der Waals surface area contributed by atoms with E-state index in [9.17, 15) is 4.39 Å². The summed E-state index contributed by atoms with van der Waals surface area (Å²) in [7, 11) is 0. The predicted octanol–water partition coefficient (Wildman–Crippen LogP) is 1.80. The Morgan fingerprint density at radius 3 is 3.00 bits per heavy atom. The van der Waals surface area contributed by atoms with Crippen LogP contribution in [0.1, 0.15) is 23.7 Å². The number of halogens is 1. The Morgan fingerprint density at radius 1 is 1.40 bits per heavy atom. The molecule has 1 fully saturated rings. The average molecular weight is 207 g/mol. The minimum absolute atomic E-state index is 0.0539. The maximum atomic E-state index is 13.2. The van der Waals surface area contributed by atoms with Crippen LogP contribution < -0.4 is 5.32 Å². The summed E-state index contributed by atoms with van der Waals surface area (Å²) >= 11 is 0. The molecule has 0 aromatic heterocycles. The van der Waals surface area contributed by atoms with Crippen molar-refractivity contribution >= 4 is 0 Å². The van der Waals surface area contributed by atoms with Gasteiger partial charge in [0.15, 0.2) is 0 Å². The van der Waals surface area contributed by atoms with Gasteiger partial charge in [0, 0.05) is 6.04 Å². The van der Waals surface area contributed by atoms with Crippen LogP contribution in [0.3, 0.4) is 0 Å². The van der Waals surface area contributed by atoms with Crippen LogP contribution in [-0.2, 0) is 11.2 Å². The summed E-state index contributed by atoms with van der Waals surface area (Å²) in [4.78, 5) is 0. The molecule has 2 atom stereocenters. The lowest BCUT2D eigenvalue weighted by Gasteiger charge is -2.38. The molecule has 0 saturated carbocycles. The third kappa shape index (κ3) is 1.56. The van der Waals surface area contributed by atoms with E-state index in [-0.39, 0.29) is 11.9 Å². The standard InChI is InChI=1S/C12H14FNO/c13-9-2-1-8-4-6-15-12(10(8)7-9)11-3-5-14-11/h1-2,7,11-12,14H,3-6H2/t11-,12?/m1/s1. The maximum absolute atomic E-state index is 13.2. The molecule has 3 heteroatoms. The molecule has 1 N–H and O–H groups in total. The first kappa shape index (κ1) is 9.31. The normalized spacial score (nSPS) is 29.4. The average Bonchev–Trinajstić information content (AvgIpc) is 2.16. The van der Waals surface area contributed by atoms with Crippen LogP contribution >= 0.6 is 0 Å². The first-order valence-corrected chi connectivity index (χ1v) is 5.48. The molecule has 2 nitrogen and oxygen atoms in total. The lowest BCUT2D eigenvalue weighted by Crippen LogP contribution is -2.48. The van der Waals surface area contributed by atoms with Crippen molar-refractivity contribution in [1.82, 2.24) is 5.32 Å². The number of benzene rings is 1. The smallest absolute Gasteiger partial charge is 0.123 e. The number of hydrogen-bond donors (Lipinski definition) is 1. The summed E-state index contributed by atoms with van der Waals surface area (Å²) in [6.45, 7) is 1.80. The molecule has 15 heavy (non-hydrogen) atoms. The largest absolute Gasteiger partial charge is 0.372 e. The quantitative estimate of drug-likeness (QED) is 0.758. The molecule has 0 aliphatic carbocycles. The zero-order valence-corrected chi connectivity index (χ0v) is 8.50. The van der Waals surface area contributed by atoms with Gasteiger partial charge in [-0.2, -0.15) is 0 Å². The fourth-order valence-electron chi connectivity index (χ4n) is 2.35. The van der Waals surface area contributed by atoms with E-state index in [1.807, 2.05) is 6.07 Å². The molecule has 1 aromatic rings. The van der Waals surface area contributed by atoms with Crippen LogP contribution in [0.2, 0.25) is 0 Å². The predicted molar refractivity (Wildman–Crippen MR) is 55.2 cm³/mol. The molecule has 1 unspecified atom stereocenters. The second-order valence-corrected chi connectivity index (χ2v) is 4.23. The third-order valence-electron chi connectivity index (χ3n) is 3.31. The van der Waals surface area contributed by atoms with Gasteiger partial charge in [-0.3, -0.25) is 0 Å². The molecule has 0 amide bonds. The van der Waals surface area contributed by atoms with Crippen LogP contribution in [0.15, 0.2) is 18.2 Å². The van der Waals surface area contributed by atoms with Gasteiger partial charge in [0.1, 0.15) is 5.82 Å². The lowest BCUT2D eigenvalue weighted by molar-refractivity contribution is -0.00171. The van der Waals surface area contributed by atoms with Gasteiger partial charge in [0.2, 0.25) is 0 Å². The molecule has 2 heterocycles. The second-order valence-electron chi connectivity index (χ2n) is 4.23. The summed E-state index contributed by atoms with van der Waals surface area (Å²) in [5.41, 5.74) is 2.28. The van der Waals surface area contributed by atoms with E-state index in [1.54, 1.807) is 6.07 Å². The molecule has 2 aliphatic rings. The maximum Gasteiger partial charge on any atom is 0.123 e. The fraction of sp³-hybridized carbons (Fsp3) is 0.500. The van der Waals surface area contributed by atoms with Gasteiger partial charge >= 0.3 is 0 Å². The van der Waals surface area contributed by atoms with Crippen molar-refractivity contribution in [2.45, 2.75) is 25.0 Å². The zero-order valence-electron chi connectivity index (χ0n) is 8.50. The molecule has 0 radical (unpaired) electrons. The van der Waals surface area contributed by atoms with Crippen molar-refractivity contribution in [3.05, 3.63) is 35.1 Å². The number of nitrogens with one attached hydrogen (secondary N) is 1.